The zero-order chi connectivity index (χ0) is 11.7. The molecule has 2 nitrogen and oxygen atoms in total. The van der Waals surface area contributed by atoms with E-state index in [4.69, 9.17) is 0 Å². The van der Waals surface area contributed by atoms with Crippen molar-refractivity contribution in [3.8, 4) is 0 Å². The summed E-state index contributed by atoms with van der Waals surface area (Å²) in [5.74, 6) is 0.0456. The Morgan fingerprint density at radius 1 is 1.06 bits per heavy atom. The number of fused-ring (bicyclic) bond motifs is 1. The Bertz CT molecular complexity index is 668. The van der Waals surface area contributed by atoms with Gasteiger partial charge in [0.2, 0.25) is 5.78 Å². The largest absolute Gasteiger partial charge is 0.288 e. The van der Waals surface area contributed by atoms with Gasteiger partial charge in [0.1, 0.15) is 0 Å². The summed E-state index contributed by atoms with van der Waals surface area (Å²) in [6, 6.07) is 13.7. The monoisotopic (exact) mass is 239 g/mol. The van der Waals surface area contributed by atoms with Crippen LogP contribution >= 0.6 is 11.3 Å². The van der Waals surface area contributed by atoms with Crippen molar-refractivity contribution in [3.63, 3.8) is 0 Å². The molecule has 1 heterocycles. The molecule has 0 aliphatic carbocycles. The van der Waals surface area contributed by atoms with E-state index in [9.17, 15) is 4.79 Å². The van der Waals surface area contributed by atoms with Gasteiger partial charge in [-0.3, -0.25) is 9.78 Å². The topological polar surface area (TPSA) is 30.0 Å². The number of carbonyl (C=O) groups excluding carboxylic acids is 1. The smallest absolute Gasteiger partial charge is 0.205 e. The van der Waals surface area contributed by atoms with Crippen LogP contribution in [0.3, 0.4) is 0 Å². The minimum absolute atomic E-state index is 0.0456. The predicted octanol–water partition coefficient (Wildman–Crippen LogP) is 3.53. The highest BCUT2D eigenvalue weighted by Gasteiger charge is 2.13. The second kappa shape index (κ2) is 4.11. The van der Waals surface area contributed by atoms with Crippen LogP contribution in [0.25, 0.3) is 10.8 Å². The number of carbonyl (C=O) groups is 1. The molecule has 0 spiro atoms. The van der Waals surface area contributed by atoms with Crippen LogP contribution in [0.2, 0.25) is 0 Å². The van der Waals surface area contributed by atoms with Gasteiger partial charge in [0.05, 0.1) is 10.4 Å². The summed E-state index contributed by atoms with van der Waals surface area (Å²) in [7, 11) is 0. The first-order valence-corrected chi connectivity index (χ1v) is 6.15. The lowest BCUT2D eigenvalue weighted by Gasteiger charge is -2.03. The minimum Gasteiger partial charge on any atom is -0.288 e. The van der Waals surface area contributed by atoms with Crippen LogP contribution in [0.15, 0.2) is 54.2 Å². The fourth-order valence-electron chi connectivity index (χ4n) is 1.88. The van der Waals surface area contributed by atoms with Gasteiger partial charge in [-0.05, 0) is 10.8 Å². The number of aromatic nitrogens is 1. The molecule has 0 aliphatic rings. The van der Waals surface area contributed by atoms with Crippen LogP contribution in [0.4, 0.5) is 0 Å². The molecule has 0 radical (unpaired) electrons. The van der Waals surface area contributed by atoms with Gasteiger partial charge in [0.25, 0.3) is 0 Å². The molecular formula is C14H9NOS. The standard InChI is InChI=1S/C14H9NOS/c16-14(13-8-15-9-17-13)12-7-3-5-10-4-1-2-6-11(10)12/h1-9H. The summed E-state index contributed by atoms with van der Waals surface area (Å²) in [6.45, 7) is 0. The summed E-state index contributed by atoms with van der Waals surface area (Å²) < 4.78 is 0. The van der Waals surface area contributed by atoms with E-state index in [1.54, 1.807) is 11.7 Å². The Morgan fingerprint density at radius 3 is 2.71 bits per heavy atom. The number of nitrogens with zero attached hydrogens (tertiary/aromatic N) is 1. The maximum Gasteiger partial charge on any atom is 0.205 e. The van der Waals surface area contributed by atoms with Gasteiger partial charge in [-0.1, -0.05) is 42.5 Å². The van der Waals surface area contributed by atoms with Gasteiger partial charge in [-0.15, -0.1) is 11.3 Å². The van der Waals surface area contributed by atoms with Gasteiger partial charge in [0, 0.05) is 11.8 Å². The third-order valence-corrected chi connectivity index (χ3v) is 3.46. The zero-order valence-corrected chi connectivity index (χ0v) is 9.78. The van der Waals surface area contributed by atoms with E-state index in [-0.39, 0.29) is 5.78 Å². The highest BCUT2D eigenvalue weighted by atomic mass is 32.1. The highest BCUT2D eigenvalue weighted by Crippen LogP contribution is 2.22. The number of hydrogen-bond donors (Lipinski definition) is 0. The van der Waals surface area contributed by atoms with E-state index in [0.717, 1.165) is 16.3 Å². The molecule has 3 aromatic rings. The van der Waals surface area contributed by atoms with Crippen LogP contribution in [0.5, 0.6) is 0 Å². The molecule has 3 rings (SSSR count). The number of hydrogen-bond acceptors (Lipinski definition) is 3. The molecule has 0 atom stereocenters. The first-order chi connectivity index (χ1) is 8.36. The first-order valence-electron chi connectivity index (χ1n) is 5.27. The van der Waals surface area contributed by atoms with E-state index in [1.165, 1.54) is 11.3 Å². The fourth-order valence-corrected chi connectivity index (χ4v) is 2.46. The Labute approximate surface area is 103 Å². The first kappa shape index (κ1) is 10.2. The quantitative estimate of drug-likeness (QED) is 0.640. The molecule has 17 heavy (non-hydrogen) atoms. The summed E-state index contributed by atoms with van der Waals surface area (Å²) in [5, 5.41) is 2.08. The van der Waals surface area contributed by atoms with E-state index >= 15 is 0 Å². The molecular weight excluding hydrogens is 230 g/mol. The number of ketones is 1. The van der Waals surface area contributed by atoms with E-state index in [2.05, 4.69) is 4.98 Å². The lowest BCUT2D eigenvalue weighted by atomic mass is 10.0. The third kappa shape index (κ3) is 1.74. The Hall–Kier alpha value is -2.00. The zero-order valence-electron chi connectivity index (χ0n) is 8.96. The average Bonchev–Trinajstić information content (AvgIpc) is 2.91. The van der Waals surface area contributed by atoms with Crippen LogP contribution in [0, 0.1) is 0 Å². The predicted molar refractivity (Wildman–Crippen MR) is 69.5 cm³/mol. The Morgan fingerprint density at radius 2 is 1.88 bits per heavy atom. The molecule has 82 valence electrons. The molecule has 3 heteroatoms. The van der Waals surface area contributed by atoms with Crippen LogP contribution in [-0.4, -0.2) is 10.8 Å². The normalized spacial score (nSPS) is 10.6. The second-order valence-corrected chi connectivity index (χ2v) is 4.61. The van der Waals surface area contributed by atoms with Crippen LogP contribution < -0.4 is 0 Å². The van der Waals surface area contributed by atoms with Crippen molar-refractivity contribution in [1.82, 2.24) is 4.98 Å². The molecule has 0 bridgehead atoms. The fraction of sp³-hybridized carbons (Fsp3) is 0. The van der Waals surface area contributed by atoms with Crippen molar-refractivity contribution >= 4 is 27.9 Å². The third-order valence-electron chi connectivity index (χ3n) is 2.69. The summed E-state index contributed by atoms with van der Waals surface area (Å²) in [6.07, 6.45) is 1.62. The molecule has 0 N–H and O–H groups in total. The molecule has 2 aromatic carbocycles. The van der Waals surface area contributed by atoms with Crippen molar-refractivity contribution in [2.24, 2.45) is 0 Å². The Kier molecular flexibility index (Phi) is 2.46. The number of benzene rings is 2. The molecule has 0 aliphatic heterocycles. The van der Waals surface area contributed by atoms with Gasteiger partial charge < -0.3 is 0 Å². The lowest BCUT2D eigenvalue weighted by Crippen LogP contribution is -1.99. The maximum absolute atomic E-state index is 12.3. The Balaban J connectivity index is 2.21. The van der Waals surface area contributed by atoms with Crippen molar-refractivity contribution in [2.75, 3.05) is 0 Å². The maximum atomic E-state index is 12.3. The molecule has 0 unspecified atom stereocenters. The highest BCUT2D eigenvalue weighted by molar-refractivity contribution is 7.12. The summed E-state index contributed by atoms with van der Waals surface area (Å²) >= 11 is 1.37. The minimum atomic E-state index is 0.0456. The average molecular weight is 239 g/mol. The van der Waals surface area contributed by atoms with Gasteiger partial charge in [-0.2, -0.15) is 0 Å². The molecule has 0 saturated carbocycles. The van der Waals surface area contributed by atoms with E-state index < -0.39 is 0 Å². The van der Waals surface area contributed by atoms with Gasteiger partial charge >= 0.3 is 0 Å². The number of thiazole rings is 1. The van der Waals surface area contributed by atoms with Crippen molar-refractivity contribution < 1.29 is 4.79 Å². The van der Waals surface area contributed by atoms with E-state index in [1.807, 2.05) is 42.5 Å². The summed E-state index contributed by atoms with van der Waals surface area (Å²) in [5.41, 5.74) is 2.42. The molecule has 0 amide bonds. The molecule has 0 fully saturated rings. The van der Waals surface area contributed by atoms with Crippen LogP contribution in [0.1, 0.15) is 15.2 Å². The molecule has 0 saturated heterocycles. The van der Waals surface area contributed by atoms with Crippen molar-refractivity contribution in [2.45, 2.75) is 0 Å². The summed E-state index contributed by atoms with van der Waals surface area (Å²) in [4.78, 5) is 16.9. The van der Waals surface area contributed by atoms with Crippen molar-refractivity contribution in [1.29, 1.82) is 0 Å². The van der Waals surface area contributed by atoms with E-state index in [0.29, 0.717) is 4.88 Å². The van der Waals surface area contributed by atoms with Gasteiger partial charge in [-0.25, -0.2) is 0 Å². The molecule has 1 aromatic heterocycles. The van der Waals surface area contributed by atoms with Crippen LogP contribution in [-0.2, 0) is 0 Å². The van der Waals surface area contributed by atoms with Gasteiger partial charge in [0.15, 0.2) is 0 Å². The number of rotatable bonds is 2. The lowest BCUT2D eigenvalue weighted by molar-refractivity contribution is 0.104. The second-order valence-electron chi connectivity index (χ2n) is 3.72. The SMILES string of the molecule is O=C(c1cncs1)c1cccc2ccccc12. The van der Waals surface area contributed by atoms with Crippen molar-refractivity contribution in [3.05, 3.63) is 64.6 Å².